The molecule has 1 N–H and O–H groups in total. The van der Waals surface area contributed by atoms with E-state index >= 15 is 0 Å². The molecule has 0 spiro atoms. The lowest BCUT2D eigenvalue weighted by molar-refractivity contribution is -0.384. The molecule has 2 aromatic rings. The van der Waals surface area contributed by atoms with Crippen LogP contribution < -0.4 is 15.0 Å². The van der Waals surface area contributed by atoms with E-state index in [4.69, 9.17) is 4.74 Å². The minimum absolute atomic E-state index is 0.0374. The first-order valence-corrected chi connectivity index (χ1v) is 9.20. The van der Waals surface area contributed by atoms with Crippen molar-refractivity contribution in [1.82, 2.24) is 4.90 Å². The largest absolute Gasteiger partial charge is 0.484 e. The summed E-state index contributed by atoms with van der Waals surface area (Å²) in [6, 6.07) is 13.0. The fourth-order valence-corrected chi connectivity index (χ4v) is 3.05. The first-order valence-electron chi connectivity index (χ1n) is 9.20. The smallest absolute Gasteiger partial charge is 0.269 e. The van der Waals surface area contributed by atoms with Crippen LogP contribution in [0.1, 0.15) is 6.92 Å². The molecule has 0 aromatic heterocycles. The molecular formula is C20H22N4O5. The zero-order valence-corrected chi connectivity index (χ0v) is 16.0. The normalized spacial score (nSPS) is 13.7. The van der Waals surface area contributed by atoms with E-state index in [2.05, 4.69) is 10.2 Å². The van der Waals surface area contributed by atoms with Crippen LogP contribution in [0, 0.1) is 10.1 Å². The number of anilines is 2. The first kappa shape index (κ1) is 20.1. The van der Waals surface area contributed by atoms with Crippen molar-refractivity contribution in [2.75, 3.05) is 43.0 Å². The molecule has 0 aliphatic carbocycles. The van der Waals surface area contributed by atoms with E-state index in [9.17, 15) is 19.7 Å². The van der Waals surface area contributed by atoms with Gasteiger partial charge in [0, 0.05) is 56.6 Å². The van der Waals surface area contributed by atoms with Crippen LogP contribution in [0.2, 0.25) is 0 Å². The Labute approximate surface area is 168 Å². The lowest BCUT2D eigenvalue weighted by Crippen LogP contribution is -2.48. The van der Waals surface area contributed by atoms with Gasteiger partial charge >= 0.3 is 0 Å². The Balaban J connectivity index is 1.47. The Bertz CT molecular complexity index is 875. The summed E-state index contributed by atoms with van der Waals surface area (Å²) in [6.07, 6.45) is 0. The highest BCUT2D eigenvalue weighted by molar-refractivity contribution is 5.92. The second-order valence-electron chi connectivity index (χ2n) is 6.63. The van der Waals surface area contributed by atoms with Crippen molar-refractivity contribution in [2.24, 2.45) is 0 Å². The topological polar surface area (TPSA) is 105 Å². The number of ether oxygens (including phenoxy) is 1. The van der Waals surface area contributed by atoms with Crippen molar-refractivity contribution in [2.45, 2.75) is 6.92 Å². The number of hydrogen-bond acceptors (Lipinski definition) is 6. The molecule has 9 nitrogen and oxygen atoms in total. The minimum Gasteiger partial charge on any atom is -0.484 e. The van der Waals surface area contributed by atoms with Gasteiger partial charge in [0.15, 0.2) is 6.61 Å². The molecule has 29 heavy (non-hydrogen) atoms. The predicted molar refractivity (Wildman–Crippen MR) is 108 cm³/mol. The summed E-state index contributed by atoms with van der Waals surface area (Å²) < 4.78 is 5.35. The summed E-state index contributed by atoms with van der Waals surface area (Å²) in [5.41, 5.74) is 1.64. The number of nitrogens with one attached hydrogen (secondary N) is 1. The van der Waals surface area contributed by atoms with Crippen molar-refractivity contribution in [1.29, 1.82) is 0 Å². The van der Waals surface area contributed by atoms with Crippen LogP contribution in [0.5, 0.6) is 5.75 Å². The molecule has 3 rings (SSSR count). The second kappa shape index (κ2) is 9.05. The van der Waals surface area contributed by atoms with Gasteiger partial charge in [-0.1, -0.05) is 0 Å². The van der Waals surface area contributed by atoms with Crippen LogP contribution in [0.15, 0.2) is 48.5 Å². The van der Waals surface area contributed by atoms with Crippen LogP contribution in [0.25, 0.3) is 0 Å². The number of carbonyl (C=O) groups is 2. The number of benzene rings is 2. The minimum atomic E-state index is -0.497. The highest BCUT2D eigenvalue weighted by atomic mass is 16.6. The van der Waals surface area contributed by atoms with Gasteiger partial charge in [-0.15, -0.1) is 0 Å². The Morgan fingerprint density at radius 2 is 1.66 bits per heavy atom. The number of nitro groups is 1. The number of rotatable bonds is 6. The lowest BCUT2D eigenvalue weighted by atomic mass is 10.2. The van der Waals surface area contributed by atoms with Gasteiger partial charge in [-0.3, -0.25) is 19.7 Å². The Morgan fingerprint density at radius 3 is 2.21 bits per heavy atom. The molecule has 9 heteroatoms. The number of hydrogen-bond donors (Lipinski definition) is 1. The van der Waals surface area contributed by atoms with E-state index < -0.39 is 4.92 Å². The quantitative estimate of drug-likeness (QED) is 0.591. The van der Waals surface area contributed by atoms with Crippen molar-refractivity contribution in [3.8, 4) is 5.75 Å². The van der Waals surface area contributed by atoms with Gasteiger partial charge in [0.1, 0.15) is 5.75 Å². The number of piperazine rings is 1. The standard InChI is InChI=1S/C20H22N4O5/c1-15(25)22-10-12-23(13-11-22)17-4-2-16(3-5-17)21-20(26)14-29-19-8-6-18(7-9-19)24(27)28/h2-9H,10-14H2,1H3,(H,21,26). The zero-order chi connectivity index (χ0) is 20.8. The summed E-state index contributed by atoms with van der Waals surface area (Å²) in [7, 11) is 0. The second-order valence-corrected chi connectivity index (χ2v) is 6.63. The van der Waals surface area contributed by atoms with Crippen molar-refractivity contribution in [3.05, 3.63) is 58.6 Å². The van der Waals surface area contributed by atoms with E-state index in [1.165, 1.54) is 24.3 Å². The molecular weight excluding hydrogens is 376 g/mol. The summed E-state index contributed by atoms with van der Waals surface area (Å²) in [5, 5.41) is 13.4. The molecule has 0 unspecified atom stereocenters. The third-order valence-electron chi connectivity index (χ3n) is 4.66. The highest BCUT2D eigenvalue weighted by Crippen LogP contribution is 2.20. The molecule has 1 fully saturated rings. The summed E-state index contributed by atoms with van der Waals surface area (Å²) in [5.74, 6) is 0.149. The van der Waals surface area contributed by atoms with Crippen molar-refractivity contribution < 1.29 is 19.2 Å². The molecule has 0 saturated carbocycles. The zero-order valence-electron chi connectivity index (χ0n) is 16.0. The van der Waals surface area contributed by atoms with Crippen LogP contribution in [-0.4, -0.2) is 54.4 Å². The molecule has 2 aromatic carbocycles. The van der Waals surface area contributed by atoms with Gasteiger partial charge in [0.25, 0.3) is 11.6 Å². The van der Waals surface area contributed by atoms with Gasteiger partial charge in [-0.05, 0) is 36.4 Å². The molecule has 0 radical (unpaired) electrons. The van der Waals surface area contributed by atoms with E-state index in [0.717, 1.165) is 18.8 Å². The van der Waals surface area contributed by atoms with Gasteiger partial charge in [0.2, 0.25) is 5.91 Å². The van der Waals surface area contributed by atoms with Gasteiger partial charge in [-0.25, -0.2) is 0 Å². The molecule has 2 amide bonds. The maximum absolute atomic E-state index is 12.1. The van der Waals surface area contributed by atoms with E-state index in [0.29, 0.717) is 24.5 Å². The Kier molecular flexibility index (Phi) is 6.28. The van der Waals surface area contributed by atoms with E-state index in [1.54, 1.807) is 6.92 Å². The SMILES string of the molecule is CC(=O)N1CCN(c2ccc(NC(=O)COc3ccc([N+](=O)[O-])cc3)cc2)CC1. The van der Waals surface area contributed by atoms with Gasteiger partial charge in [-0.2, -0.15) is 0 Å². The monoisotopic (exact) mass is 398 g/mol. The molecule has 1 saturated heterocycles. The number of amides is 2. The van der Waals surface area contributed by atoms with Crippen molar-refractivity contribution in [3.63, 3.8) is 0 Å². The Hall–Kier alpha value is -3.62. The third kappa shape index (κ3) is 5.44. The average Bonchev–Trinajstić information content (AvgIpc) is 2.73. The van der Waals surface area contributed by atoms with Gasteiger partial charge < -0.3 is 19.9 Å². The molecule has 0 bridgehead atoms. The lowest BCUT2D eigenvalue weighted by Gasteiger charge is -2.35. The number of non-ortho nitro benzene ring substituents is 1. The fraction of sp³-hybridized carbons (Fsp3) is 0.300. The first-order chi connectivity index (χ1) is 13.9. The van der Waals surface area contributed by atoms with E-state index in [1.807, 2.05) is 29.2 Å². The fourth-order valence-electron chi connectivity index (χ4n) is 3.05. The molecule has 0 atom stereocenters. The van der Waals surface area contributed by atoms with Crippen LogP contribution in [0.3, 0.4) is 0 Å². The molecule has 152 valence electrons. The summed E-state index contributed by atoms with van der Waals surface area (Å²) >= 11 is 0. The highest BCUT2D eigenvalue weighted by Gasteiger charge is 2.18. The average molecular weight is 398 g/mol. The molecule has 1 heterocycles. The summed E-state index contributed by atoms with van der Waals surface area (Å²) in [6.45, 7) is 4.33. The van der Waals surface area contributed by atoms with Crippen LogP contribution >= 0.6 is 0 Å². The van der Waals surface area contributed by atoms with Crippen LogP contribution in [-0.2, 0) is 9.59 Å². The summed E-state index contributed by atoms with van der Waals surface area (Å²) in [4.78, 5) is 37.6. The molecule has 1 aliphatic heterocycles. The third-order valence-corrected chi connectivity index (χ3v) is 4.66. The number of nitrogens with zero attached hydrogens (tertiary/aromatic N) is 3. The molecule has 1 aliphatic rings. The predicted octanol–water partition coefficient (Wildman–Crippen LogP) is 2.28. The van der Waals surface area contributed by atoms with E-state index in [-0.39, 0.29) is 24.1 Å². The number of carbonyl (C=O) groups excluding carboxylic acids is 2. The maximum atomic E-state index is 12.1. The number of nitro benzene ring substituents is 1. The van der Waals surface area contributed by atoms with Gasteiger partial charge in [0.05, 0.1) is 4.92 Å². The Morgan fingerprint density at radius 1 is 1.03 bits per heavy atom. The van der Waals surface area contributed by atoms with Crippen LogP contribution in [0.4, 0.5) is 17.1 Å². The van der Waals surface area contributed by atoms with Crippen molar-refractivity contribution >= 4 is 28.9 Å². The maximum Gasteiger partial charge on any atom is 0.269 e.